The van der Waals surface area contributed by atoms with Crippen molar-refractivity contribution in [2.75, 3.05) is 10.6 Å². The van der Waals surface area contributed by atoms with Gasteiger partial charge in [0.25, 0.3) is 11.8 Å². The summed E-state index contributed by atoms with van der Waals surface area (Å²) in [6.07, 6.45) is 0. The second-order valence-electron chi connectivity index (χ2n) is 6.30. The largest absolute Gasteiger partial charge is 0.331 e. The molecule has 4 N–H and O–H groups in total. The smallest absolute Gasteiger partial charge is 0.269 e. The summed E-state index contributed by atoms with van der Waals surface area (Å²) >= 11 is 5.14. The first-order valence-corrected chi connectivity index (χ1v) is 9.32. The summed E-state index contributed by atoms with van der Waals surface area (Å²) in [7, 11) is 0. The van der Waals surface area contributed by atoms with Crippen molar-refractivity contribution >= 4 is 40.5 Å². The van der Waals surface area contributed by atoms with E-state index in [0.29, 0.717) is 16.8 Å². The van der Waals surface area contributed by atoms with E-state index in [4.69, 9.17) is 12.2 Å². The molecule has 6 nitrogen and oxygen atoms in total. The molecule has 0 heterocycles. The van der Waals surface area contributed by atoms with E-state index in [2.05, 4.69) is 21.5 Å². The predicted octanol–water partition coefficient (Wildman–Crippen LogP) is 3.88. The van der Waals surface area contributed by atoms with Crippen molar-refractivity contribution in [2.45, 2.75) is 6.92 Å². The first-order chi connectivity index (χ1) is 14.0. The van der Waals surface area contributed by atoms with Crippen molar-refractivity contribution in [1.82, 2.24) is 10.9 Å². The Balaban J connectivity index is 1.52. The second-order valence-corrected chi connectivity index (χ2v) is 6.71. The van der Waals surface area contributed by atoms with Crippen LogP contribution in [0, 0.1) is 6.92 Å². The van der Waals surface area contributed by atoms with Crippen LogP contribution in [0.4, 0.5) is 11.4 Å². The monoisotopic (exact) mass is 404 g/mol. The lowest BCUT2D eigenvalue weighted by atomic mass is 10.1. The van der Waals surface area contributed by atoms with E-state index < -0.39 is 0 Å². The average Bonchev–Trinajstić information content (AvgIpc) is 2.73. The number of aryl methyl sites for hydroxylation is 1. The van der Waals surface area contributed by atoms with Gasteiger partial charge in [-0.1, -0.05) is 35.9 Å². The average molecular weight is 404 g/mol. The lowest BCUT2D eigenvalue weighted by molar-refractivity contribution is 0.0943. The fraction of sp³-hybridized carbons (Fsp3) is 0.0455. The molecule has 0 saturated heterocycles. The zero-order chi connectivity index (χ0) is 20.6. The van der Waals surface area contributed by atoms with Crippen LogP contribution in [0.5, 0.6) is 0 Å². The number of para-hydroxylation sites is 1. The zero-order valence-corrected chi connectivity index (χ0v) is 16.5. The number of carbonyl (C=O) groups is 2. The summed E-state index contributed by atoms with van der Waals surface area (Å²) in [5.41, 5.74) is 8.61. The molecule has 0 aliphatic heterocycles. The quantitative estimate of drug-likeness (QED) is 0.392. The van der Waals surface area contributed by atoms with Crippen LogP contribution in [0.1, 0.15) is 26.3 Å². The van der Waals surface area contributed by atoms with E-state index in [0.717, 1.165) is 11.3 Å². The van der Waals surface area contributed by atoms with Crippen LogP contribution >= 0.6 is 12.2 Å². The summed E-state index contributed by atoms with van der Waals surface area (Å²) in [5, 5.41) is 6.04. The maximum absolute atomic E-state index is 12.3. The standard InChI is InChI=1S/C22H20N4O2S/c1-15-6-5-7-17(14-15)20(27)23-19-12-10-16(11-13-19)21(28)25-26-22(29)24-18-8-3-2-4-9-18/h2-14H,1H3,(H,23,27)(H,25,28)(H2,24,26,29). The van der Waals surface area contributed by atoms with Gasteiger partial charge in [0.05, 0.1) is 0 Å². The number of hydrogen-bond donors (Lipinski definition) is 4. The van der Waals surface area contributed by atoms with Gasteiger partial charge in [0.2, 0.25) is 0 Å². The van der Waals surface area contributed by atoms with Gasteiger partial charge in [0, 0.05) is 22.5 Å². The van der Waals surface area contributed by atoms with E-state index in [9.17, 15) is 9.59 Å². The number of rotatable bonds is 4. The highest BCUT2D eigenvalue weighted by molar-refractivity contribution is 7.80. The van der Waals surface area contributed by atoms with Crippen molar-refractivity contribution in [1.29, 1.82) is 0 Å². The highest BCUT2D eigenvalue weighted by Gasteiger charge is 2.09. The van der Waals surface area contributed by atoms with Crippen LogP contribution < -0.4 is 21.5 Å². The summed E-state index contributed by atoms with van der Waals surface area (Å²) < 4.78 is 0. The van der Waals surface area contributed by atoms with E-state index in [-0.39, 0.29) is 16.9 Å². The Bertz CT molecular complexity index is 1020. The van der Waals surface area contributed by atoms with Gasteiger partial charge in [-0.25, -0.2) is 0 Å². The number of nitrogens with one attached hydrogen (secondary N) is 4. The van der Waals surface area contributed by atoms with Gasteiger partial charge < -0.3 is 10.6 Å². The summed E-state index contributed by atoms with van der Waals surface area (Å²) in [6.45, 7) is 1.93. The first-order valence-electron chi connectivity index (χ1n) is 8.92. The summed E-state index contributed by atoms with van der Waals surface area (Å²) in [4.78, 5) is 24.5. The maximum Gasteiger partial charge on any atom is 0.269 e. The molecule has 2 amide bonds. The number of benzene rings is 3. The van der Waals surface area contributed by atoms with E-state index in [1.807, 2.05) is 55.5 Å². The topological polar surface area (TPSA) is 82.3 Å². The first kappa shape index (κ1) is 20.0. The number of thiocarbonyl (C=S) groups is 1. The van der Waals surface area contributed by atoms with Crippen molar-refractivity contribution in [3.63, 3.8) is 0 Å². The minimum atomic E-state index is -0.348. The molecule has 0 unspecified atom stereocenters. The third-order valence-corrected chi connectivity index (χ3v) is 4.21. The van der Waals surface area contributed by atoms with E-state index in [1.54, 1.807) is 30.3 Å². The Morgan fingerprint density at radius 1 is 0.690 bits per heavy atom. The van der Waals surface area contributed by atoms with Gasteiger partial charge in [-0.3, -0.25) is 20.4 Å². The third kappa shape index (κ3) is 5.88. The van der Waals surface area contributed by atoms with Crippen molar-refractivity contribution < 1.29 is 9.59 Å². The molecule has 3 aromatic carbocycles. The maximum atomic E-state index is 12.3. The van der Waals surface area contributed by atoms with Crippen LogP contribution in [0.2, 0.25) is 0 Å². The number of carbonyl (C=O) groups excluding carboxylic acids is 2. The Morgan fingerprint density at radius 2 is 1.38 bits per heavy atom. The SMILES string of the molecule is Cc1cccc(C(=O)Nc2ccc(C(=O)NNC(=S)Nc3ccccc3)cc2)c1. The molecule has 0 saturated carbocycles. The fourth-order valence-electron chi connectivity index (χ4n) is 2.56. The fourth-order valence-corrected chi connectivity index (χ4v) is 2.73. The lowest BCUT2D eigenvalue weighted by Crippen LogP contribution is -2.43. The molecule has 0 bridgehead atoms. The minimum Gasteiger partial charge on any atom is -0.331 e. The molecule has 0 aliphatic rings. The summed E-state index contributed by atoms with van der Waals surface area (Å²) in [5.74, 6) is -0.552. The van der Waals surface area contributed by atoms with Crippen LogP contribution in [0.15, 0.2) is 78.9 Å². The zero-order valence-electron chi connectivity index (χ0n) is 15.7. The molecular weight excluding hydrogens is 384 g/mol. The molecule has 7 heteroatoms. The molecule has 0 spiro atoms. The summed E-state index contributed by atoms with van der Waals surface area (Å²) in [6, 6.07) is 23.3. The number of amides is 2. The van der Waals surface area contributed by atoms with Crippen LogP contribution in [0.25, 0.3) is 0 Å². The molecule has 0 aromatic heterocycles. The molecule has 3 rings (SSSR count). The molecule has 0 radical (unpaired) electrons. The molecule has 0 fully saturated rings. The molecule has 29 heavy (non-hydrogen) atoms. The van der Waals surface area contributed by atoms with Crippen LogP contribution in [-0.2, 0) is 0 Å². The Kier molecular flexibility index (Phi) is 6.55. The highest BCUT2D eigenvalue weighted by atomic mass is 32.1. The van der Waals surface area contributed by atoms with Gasteiger partial charge >= 0.3 is 0 Å². The molecule has 0 aliphatic carbocycles. The third-order valence-electron chi connectivity index (χ3n) is 4.01. The minimum absolute atomic E-state index is 0.204. The molecular formula is C22H20N4O2S. The normalized spacial score (nSPS) is 9.97. The Labute approximate surface area is 174 Å². The van der Waals surface area contributed by atoms with Crippen LogP contribution in [0.3, 0.4) is 0 Å². The van der Waals surface area contributed by atoms with Crippen LogP contribution in [-0.4, -0.2) is 16.9 Å². The van der Waals surface area contributed by atoms with Gasteiger partial charge in [-0.2, -0.15) is 0 Å². The Morgan fingerprint density at radius 3 is 2.07 bits per heavy atom. The van der Waals surface area contributed by atoms with Gasteiger partial charge in [-0.15, -0.1) is 0 Å². The Hall–Kier alpha value is -3.71. The predicted molar refractivity (Wildman–Crippen MR) is 119 cm³/mol. The number of hydrazine groups is 1. The van der Waals surface area contributed by atoms with Gasteiger partial charge in [0.1, 0.15) is 0 Å². The van der Waals surface area contributed by atoms with Gasteiger partial charge in [-0.05, 0) is 67.7 Å². The highest BCUT2D eigenvalue weighted by Crippen LogP contribution is 2.12. The molecule has 3 aromatic rings. The lowest BCUT2D eigenvalue weighted by Gasteiger charge is -2.12. The second kappa shape index (κ2) is 9.48. The molecule has 0 atom stereocenters. The van der Waals surface area contributed by atoms with Crippen molar-refractivity contribution in [3.05, 3.63) is 95.6 Å². The van der Waals surface area contributed by atoms with E-state index in [1.165, 1.54) is 0 Å². The van der Waals surface area contributed by atoms with Crippen molar-refractivity contribution in [3.8, 4) is 0 Å². The van der Waals surface area contributed by atoms with E-state index >= 15 is 0 Å². The molecule has 146 valence electrons. The number of anilines is 2. The number of hydrogen-bond acceptors (Lipinski definition) is 3. The van der Waals surface area contributed by atoms with Crippen molar-refractivity contribution in [2.24, 2.45) is 0 Å². The van der Waals surface area contributed by atoms with Gasteiger partial charge in [0.15, 0.2) is 5.11 Å².